The molecule has 3 aromatic rings. The summed E-state index contributed by atoms with van der Waals surface area (Å²) in [5, 5.41) is 7.54. The highest BCUT2D eigenvalue weighted by Gasteiger charge is 2.11. The summed E-state index contributed by atoms with van der Waals surface area (Å²) in [6.45, 7) is 6.54. The third-order valence-electron chi connectivity index (χ3n) is 3.50. The Labute approximate surface area is 128 Å². The van der Waals surface area contributed by atoms with E-state index < -0.39 is 0 Å². The molecule has 0 unspecified atom stereocenters. The lowest BCUT2D eigenvalue weighted by molar-refractivity contribution is 0.581. The average Bonchev–Trinajstić information content (AvgIpc) is 2.79. The zero-order valence-corrected chi connectivity index (χ0v) is 13.0. The molecule has 3 rings (SSSR count). The van der Waals surface area contributed by atoms with Gasteiger partial charge in [0.1, 0.15) is 5.82 Å². The minimum Gasteiger partial charge on any atom is -0.340 e. The third-order valence-corrected chi connectivity index (χ3v) is 3.50. The molecule has 0 atom stereocenters. The van der Waals surface area contributed by atoms with E-state index in [2.05, 4.69) is 15.4 Å². The summed E-state index contributed by atoms with van der Waals surface area (Å²) in [7, 11) is 0. The van der Waals surface area contributed by atoms with E-state index >= 15 is 0 Å². The summed E-state index contributed by atoms with van der Waals surface area (Å²) >= 11 is 0. The molecule has 0 amide bonds. The zero-order valence-electron chi connectivity index (χ0n) is 13.0. The fourth-order valence-corrected chi connectivity index (χ4v) is 2.39. The smallest absolute Gasteiger partial charge is 0.340 e. The van der Waals surface area contributed by atoms with E-state index in [1.807, 2.05) is 51.1 Å². The Morgan fingerprint density at radius 2 is 1.91 bits per heavy atom. The van der Waals surface area contributed by atoms with Gasteiger partial charge in [-0.25, -0.2) is 13.9 Å². The first-order chi connectivity index (χ1) is 10.6. The van der Waals surface area contributed by atoms with Crippen LogP contribution >= 0.6 is 0 Å². The molecule has 0 fully saturated rings. The summed E-state index contributed by atoms with van der Waals surface area (Å²) in [6, 6.07) is 9.92. The van der Waals surface area contributed by atoms with Crippen LogP contribution in [-0.2, 0) is 6.54 Å². The van der Waals surface area contributed by atoms with E-state index in [1.54, 1.807) is 0 Å². The topological polar surface area (TPSA) is 64.2 Å². The molecule has 6 heteroatoms. The number of aromatic nitrogens is 4. The fourth-order valence-electron chi connectivity index (χ4n) is 2.39. The number of rotatable bonds is 4. The van der Waals surface area contributed by atoms with Gasteiger partial charge in [-0.3, -0.25) is 0 Å². The normalized spacial score (nSPS) is 11.0. The zero-order chi connectivity index (χ0) is 15.7. The molecule has 6 nitrogen and oxygen atoms in total. The molecule has 2 heterocycles. The van der Waals surface area contributed by atoms with Gasteiger partial charge in [0.2, 0.25) is 0 Å². The highest BCUT2D eigenvalue weighted by Crippen LogP contribution is 2.16. The molecule has 114 valence electrons. The maximum Gasteiger partial charge on any atom is 0.351 e. The number of fused-ring (bicyclic) bond motifs is 1. The molecule has 2 aromatic heterocycles. The summed E-state index contributed by atoms with van der Waals surface area (Å²) in [6.07, 6.45) is 0.858. The molecule has 1 N–H and O–H groups in total. The predicted molar refractivity (Wildman–Crippen MR) is 86.7 cm³/mol. The van der Waals surface area contributed by atoms with Crippen molar-refractivity contribution in [2.75, 3.05) is 5.32 Å². The molecule has 0 aliphatic rings. The van der Waals surface area contributed by atoms with Gasteiger partial charge in [0, 0.05) is 24.0 Å². The average molecular weight is 297 g/mol. The Bertz CT molecular complexity index is 861. The van der Waals surface area contributed by atoms with Gasteiger partial charge >= 0.3 is 5.69 Å². The Kier molecular flexibility index (Phi) is 3.66. The van der Waals surface area contributed by atoms with E-state index in [0.29, 0.717) is 18.1 Å². The lowest BCUT2D eigenvalue weighted by atomic mass is 10.2. The molecular weight excluding hydrogens is 278 g/mol. The van der Waals surface area contributed by atoms with Crippen LogP contribution in [0.4, 0.5) is 11.5 Å². The second-order valence-electron chi connectivity index (χ2n) is 5.41. The highest BCUT2D eigenvalue weighted by atomic mass is 16.2. The second-order valence-corrected chi connectivity index (χ2v) is 5.41. The van der Waals surface area contributed by atoms with Gasteiger partial charge in [-0.05, 0) is 32.4 Å². The Balaban J connectivity index is 2.01. The first kappa shape index (κ1) is 14.3. The van der Waals surface area contributed by atoms with Crippen molar-refractivity contribution in [3.05, 3.63) is 52.1 Å². The largest absolute Gasteiger partial charge is 0.351 e. The van der Waals surface area contributed by atoms with E-state index in [4.69, 9.17) is 0 Å². The molecule has 0 saturated heterocycles. The second kappa shape index (κ2) is 5.63. The van der Waals surface area contributed by atoms with Gasteiger partial charge in [-0.1, -0.05) is 24.6 Å². The molecule has 22 heavy (non-hydrogen) atoms. The number of hydrogen-bond donors (Lipinski definition) is 1. The lowest BCUT2D eigenvalue weighted by Gasteiger charge is -2.07. The minimum absolute atomic E-state index is 0.135. The molecule has 1 aromatic carbocycles. The van der Waals surface area contributed by atoms with Gasteiger partial charge < -0.3 is 5.32 Å². The summed E-state index contributed by atoms with van der Waals surface area (Å²) in [4.78, 5) is 16.7. The van der Waals surface area contributed by atoms with Gasteiger partial charge in [0.15, 0.2) is 0 Å². The summed E-state index contributed by atoms with van der Waals surface area (Å²) in [5.41, 5.74) is 2.84. The maximum absolute atomic E-state index is 12.2. The molecule has 0 saturated carbocycles. The number of aryl methyl sites for hydroxylation is 3. The Morgan fingerprint density at radius 1 is 1.18 bits per heavy atom. The van der Waals surface area contributed by atoms with Gasteiger partial charge in [0.25, 0.3) is 5.78 Å². The van der Waals surface area contributed by atoms with Crippen molar-refractivity contribution in [3.63, 3.8) is 0 Å². The predicted octanol–water partition coefficient (Wildman–Crippen LogP) is 2.66. The van der Waals surface area contributed by atoms with Crippen LogP contribution in [0.5, 0.6) is 0 Å². The van der Waals surface area contributed by atoms with Gasteiger partial charge in [0.05, 0.1) is 0 Å². The van der Waals surface area contributed by atoms with Crippen LogP contribution in [0, 0.1) is 13.8 Å². The number of anilines is 2. The number of hydrogen-bond acceptors (Lipinski definition) is 4. The van der Waals surface area contributed by atoms with Crippen molar-refractivity contribution >= 4 is 17.3 Å². The van der Waals surface area contributed by atoms with Gasteiger partial charge in [-0.2, -0.15) is 4.98 Å². The van der Waals surface area contributed by atoms with Crippen LogP contribution in [-0.4, -0.2) is 19.2 Å². The molecule has 0 aliphatic carbocycles. The van der Waals surface area contributed by atoms with Crippen molar-refractivity contribution in [1.82, 2.24) is 19.2 Å². The van der Waals surface area contributed by atoms with Crippen LogP contribution in [0.2, 0.25) is 0 Å². The number of benzene rings is 1. The summed E-state index contributed by atoms with van der Waals surface area (Å²) < 4.78 is 3.00. The molecule has 0 radical (unpaired) electrons. The van der Waals surface area contributed by atoms with E-state index in [-0.39, 0.29) is 5.69 Å². The Morgan fingerprint density at radius 3 is 2.59 bits per heavy atom. The van der Waals surface area contributed by atoms with Crippen molar-refractivity contribution in [3.8, 4) is 0 Å². The summed E-state index contributed by atoms with van der Waals surface area (Å²) in [5.74, 6) is 1.11. The van der Waals surface area contributed by atoms with Crippen LogP contribution in [0.1, 0.15) is 24.6 Å². The van der Waals surface area contributed by atoms with Crippen LogP contribution in [0.25, 0.3) is 5.78 Å². The first-order valence-electron chi connectivity index (χ1n) is 7.39. The highest BCUT2D eigenvalue weighted by molar-refractivity contribution is 5.58. The van der Waals surface area contributed by atoms with Crippen LogP contribution in [0.3, 0.4) is 0 Å². The Hall–Kier alpha value is -2.63. The standard InChI is InChI=1S/C16H19N5O/c1-4-9-20-16(22)21-12(3)10-14(18-15(21)19-20)17-13-7-5-11(2)6-8-13/h5-8,10H,4,9H2,1-3H3,(H,17,18,19). The minimum atomic E-state index is -0.135. The van der Waals surface area contributed by atoms with Gasteiger partial charge in [-0.15, -0.1) is 5.10 Å². The van der Waals surface area contributed by atoms with Crippen LogP contribution in [0.15, 0.2) is 35.1 Å². The van der Waals surface area contributed by atoms with Crippen LogP contribution < -0.4 is 11.0 Å². The monoisotopic (exact) mass is 297 g/mol. The quantitative estimate of drug-likeness (QED) is 0.804. The van der Waals surface area contributed by atoms with Crippen molar-refractivity contribution in [2.45, 2.75) is 33.7 Å². The molecule has 0 spiro atoms. The first-order valence-corrected chi connectivity index (χ1v) is 7.39. The maximum atomic E-state index is 12.2. The number of nitrogens with one attached hydrogen (secondary N) is 1. The van der Waals surface area contributed by atoms with Crippen molar-refractivity contribution in [1.29, 1.82) is 0 Å². The molecule has 0 aliphatic heterocycles. The molecular formula is C16H19N5O. The molecule has 0 bridgehead atoms. The SMILES string of the molecule is CCCn1nc2nc(Nc3ccc(C)cc3)cc(C)n2c1=O. The van der Waals surface area contributed by atoms with Crippen molar-refractivity contribution in [2.24, 2.45) is 0 Å². The van der Waals surface area contributed by atoms with E-state index in [1.165, 1.54) is 14.6 Å². The number of nitrogens with zero attached hydrogens (tertiary/aromatic N) is 4. The lowest BCUT2D eigenvalue weighted by Crippen LogP contribution is -2.22. The third kappa shape index (κ3) is 2.59. The van der Waals surface area contributed by atoms with Crippen molar-refractivity contribution < 1.29 is 0 Å². The van der Waals surface area contributed by atoms with E-state index in [9.17, 15) is 4.79 Å². The van der Waals surface area contributed by atoms with E-state index in [0.717, 1.165) is 17.8 Å². The fraction of sp³-hybridized carbons (Fsp3) is 0.312.